The van der Waals surface area contributed by atoms with Crippen molar-refractivity contribution >= 4 is 43.5 Å². The number of hydrogen-bond acceptors (Lipinski definition) is 4. The summed E-state index contributed by atoms with van der Waals surface area (Å²) >= 11 is 3.34. The smallest absolute Gasteiger partial charge is 0.264 e. The van der Waals surface area contributed by atoms with Crippen molar-refractivity contribution < 1.29 is 22.4 Å². The SMILES string of the molecule is CCCNC(=O)[C@H](C)N(Cc1ccccc1F)C(=O)CN(c1ccc(Br)cc1)S(=O)(=O)c1ccccc1. The molecule has 0 aliphatic rings. The van der Waals surface area contributed by atoms with E-state index in [1.165, 1.54) is 35.2 Å². The molecule has 0 fully saturated rings. The Hall–Kier alpha value is -3.24. The van der Waals surface area contributed by atoms with Crippen molar-refractivity contribution in [2.75, 3.05) is 17.4 Å². The Morgan fingerprint density at radius 3 is 2.22 bits per heavy atom. The molecule has 0 unspecified atom stereocenters. The van der Waals surface area contributed by atoms with Crippen LogP contribution in [0.3, 0.4) is 0 Å². The number of carbonyl (C=O) groups is 2. The molecule has 0 aliphatic carbocycles. The standard InChI is InChI=1S/C27H29BrFN3O4S/c1-3-17-30-27(34)20(2)31(18-21-9-7-8-12-25(21)29)26(33)19-32(23-15-13-22(28)14-16-23)37(35,36)24-10-5-4-6-11-24/h4-16,20H,3,17-19H2,1-2H3,(H,30,34)/t20-/m0/s1. The largest absolute Gasteiger partial charge is 0.354 e. The van der Waals surface area contributed by atoms with Crippen molar-refractivity contribution in [2.45, 2.75) is 37.8 Å². The monoisotopic (exact) mass is 589 g/mol. The molecule has 0 spiro atoms. The van der Waals surface area contributed by atoms with Crippen LogP contribution in [0.15, 0.2) is 88.2 Å². The van der Waals surface area contributed by atoms with E-state index >= 15 is 0 Å². The minimum Gasteiger partial charge on any atom is -0.354 e. The van der Waals surface area contributed by atoms with Crippen LogP contribution in [0.5, 0.6) is 0 Å². The lowest BCUT2D eigenvalue weighted by atomic mass is 10.1. The Bertz CT molecular complexity index is 1320. The topological polar surface area (TPSA) is 86.8 Å². The van der Waals surface area contributed by atoms with Crippen LogP contribution < -0.4 is 9.62 Å². The summed E-state index contributed by atoms with van der Waals surface area (Å²) < 4.78 is 43.5. The number of nitrogens with one attached hydrogen (secondary N) is 1. The highest BCUT2D eigenvalue weighted by molar-refractivity contribution is 9.10. The summed E-state index contributed by atoms with van der Waals surface area (Å²) in [5.41, 5.74) is 0.487. The zero-order chi connectivity index (χ0) is 27.0. The number of benzene rings is 3. The highest BCUT2D eigenvalue weighted by Gasteiger charge is 2.32. The van der Waals surface area contributed by atoms with Crippen LogP contribution in [0.25, 0.3) is 0 Å². The molecule has 0 heterocycles. The van der Waals surface area contributed by atoms with Gasteiger partial charge in [-0.3, -0.25) is 13.9 Å². The van der Waals surface area contributed by atoms with Gasteiger partial charge >= 0.3 is 0 Å². The summed E-state index contributed by atoms with van der Waals surface area (Å²) in [4.78, 5) is 27.7. The number of amides is 2. The Labute approximate surface area is 225 Å². The molecule has 0 radical (unpaired) electrons. The highest BCUT2D eigenvalue weighted by Crippen LogP contribution is 2.26. The maximum Gasteiger partial charge on any atom is 0.264 e. The number of carbonyl (C=O) groups excluding carboxylic acids is 2. The summed E-state index contributed by atoms with van der Waals surface area (Å²) in [5.74, 6) is -1.58. The van der Waals surface area contributed by atoms with Gasteiger partial charge in [0, 0.05) is 23.1 Å². The van der Waals surface area contributed by atoms with Crippen LogP contribution in [0.1, 0.15) is 25.8 Å². The normalized spacial score (nSPS) is 12.0. The summed E-state index contributed by atoms with van der Waals surface area (Å²) in [7, 11) is -4.14. The van der Waals surface area contributed by atoms with Gasteiger partial charge in [0.25, 0.3) is 10.0 Å². The second-order valence-corrected chi connectivity index (χ2v) is 11.2. The Balaban J connectivity index is 2.01. The zero-order valence-electron chi connectivity index (χ0n) is 20.6. The number of rotatable bonds is 11. The summed E-state index contributed by atoms with van der Waals surface area (Å²) in [6.07, 6.45) is 0.701. The molecule has 3 aromatic carbocycles. The van der Waals surface area contributed by atoms with Crippen LogP contribution in [-0.4, -0.2) is 44.3 Å². The molecule has 196 valence electrons. The minimum atomic E-state index is -4.14. The lowest BCUT2D eigenvalue weighted by molar-refractivity contribution is -0.139. The van der Waals surface area contributed by atoms with E-state index in [2.05, 4.69) is 21.2 Å². The fraction of sp³-hybridized carbons (Fsp3) is 0.259. The second-order valence-electron chi connectivity index (χ2n) is 8.38. The van der Waals surface area contributed by atoms with Crippen LogP contribution in [0, 0.1) is 5.82 Å². The molecule has 0 aromatic heterocycles. The van der Waals surface area contributed by atoms with Gasteiger partial charge < -0.3 is 10.2 Å². The van der Waals surface area contributed by atoms with E-state index in [0.29, 0.717) is 13.0 Å². The summed E-state index contributed by atoms with van der Waals surface area (Å²) in [6, 6.07) is 19.3. The molecule has 3 aromatic rings. The lowest BCUT2D eigenvalue weighted by Gasteiger charge is -2.32. The third-order valence-electron chi connectivity index (χ3n) is 5.74. The van der Waals surface area contributed by atoms with E-state index in [-0.39, 0.29) is 22.7 Å². The van der Waals surface area contributed by atoms with Crippen LogP contribution in [0.2, 0.25) is 0 Å². The molecular formula is C27H29BrFN3O4S. The van der Waals surface area contributed by atoms with Crippen LogP contribution in [0.4, 0.5) is 10.1 Å². The number of sulfonamides is 1. The van der Waals surface area contributed by atoms with Gasteiger partial charge in [-0.2, -0.15) is 0 Å². The van der Waals surface area contributed by atoms with Gasteiger partial charge in [-0.1, -0.05) is 59.3 Å². The van der Waals surface area contributed by atoms with Crippen molar-refractivity contribution in [3.05, 3.63) is 94.7 Å². The summed E-state index contributed by atoms with van der Waals surface area (Å²) in [6.45, 7) is 3.07. The van der Waals surface area contributed by atoms with Crippen molar-refractivity contribution in [1.82, 2.24) is 10.2 Å². The maximum absolute atomic E-state index is 14.5. The first-order valence-electron chi connectivity index (χ1n) is 11.8. The molecule has 0 bridgehead atoms. The molecule has 0 saturated carbocycles. The molecule has 0 saturated heterocycles. The quantitative estimate of drug-likeness (QED) is 0.350. The number of anilines is 1. The number of hydrogen-bond donors (Lipinski definition) is 1. The Morgan fingerprint density at radius 2 is 1.59 bits per heavy atom. The van der Waals surface area contributed by atoms with Gasteiger partial charge in [0.1, 0.15) is 18.4 Å². The van der Waals surface area contributed by atoms with Crippen LogP contribution in [-0.2, 0) is 26.2 Å². The average molecular weight is 591 g/mol. The predicted octanol–water partition coefficient (Wildman–Crippen LogP) is 4.73. The van der Waals surface area contributed by atoms with Gasteiger partial charge in [0.15, 0.2) is 0 Å². The molecule has 37 heavy (non-hydrogen) atoms. The molecule has 1 N–H and O–H groups in total. The van der Waals surface area contributed by atoms with Gasteiger partial charge in [-0.15, -0.1) is 0 Å². The van der Waals surface area contributed by atoms with E-state index in [4.69, 9.17) is 0 Å². The van der Waals surface area contributed by atoms with Crippen molar-refractivity contribution in [1.29, 1.82) is 0 Å². The second kappa shape index (κ2) is 12.8. The Morgan fingerprint density at radius 1 is 0.973 bits per heavy atom. The zero-order valence-corrected chi connectivity index (χ0v) is 23.0. The molecule has 0 aliphatic heterocycles. The fourth-order valence-corrected chi connectivity index (χ4v) is 5.34. The first-order valence-corrected chi connectivity index (χ1v) is 14.0. The first kappa shape index (κ1) is 28.3. The number of halogens is 2. The minimum absolute atomic E-state index is 0.0140. The van der Waals surface area contributed by atoms with E-state index in [1.807, 2.05) is 6.92 Å². The van der Waals surface area contributed by atoms with E-state index in [1.54, 1.807) is 55.5 Å². The molecule has 3 rings (SSSR count). The van der Waals surface area contributed by atoms with Crippen molar-refractivity contribution in [2.24, 2.45) is 0 Å². The van der Waals surface area contributed by atoms with Gasteiger partial charge in [0.05, 0.1) is 10.6 Å². The summed E-state index contributed by atoms with van der Waals surface area (Å²) in [5, 5.41) is 2.75. The van der Waals surface area contributed by atoms with Crippen molar-refractivity contribution in [3.63, 3.8) is 0 Å². The molecular weight excluding hydrogens is 561 g/mol. The maximum atomic E-state index is 14.5. The molecule has 1 atom stereocenters. The third kappa shape index (κ3) is 7.17. The number of nitrogens with zero attached hydrogens (tertiary/aromatic N) is 2. The Kier molecular flexibility index (Phi) is 9.82. The predicted molar refractivity (Wildman–Crippen MR) is 145 cm³/mol. The molecule has 7 nitrogen and oxygen atoms in total. The van der Waals surface area contributed by atoms with Crippen molar-refractivity contribution in [3.8, 4) is 0 Å². The molecule has 10 heteroatoms. The van der Waals surface area contributed by atoms with Gasteiger partial charge in [0.2, 0.25) is 11.8 Å². The van der Waals surface area contributed by atoms with Gasteiger partial charge in [-0.05, 0) is 55.8 Å². The fourth-order valence-electron chi connectivity index (χ4n) is 3.64. The lowest BCUT2D eigenvalue weighted by Crippen LogP contribution is -2.51. The van der Waals surface area contributed by atoms with E-state index in [9.17, 15) is 22.4 Å². The highest BCUT2D eigenvalue weighted by atomic mass is 79.9. The van der Waals surface area contributed by atoms with Gasteiger partial charge in [-0.25, -0.2) is 12.8 Å². The molecule has 2 amide bonds. The van der Waals surface area contributed by atoms with E-state index < -0.39 is 40.2 Å². The average Bonchev–Trinajstić information content (AvgIpc) is 2.90. The third-order valence-corrected chi connectivity index (χ3v) is 8.06. The first-order chi connectivity index (χ1) is 17.6. The van der Waals surface area contributed by atoms with Crippen LogP contribution >= 0.6 is 15.9 Å². The van der Waals surface area contributed by atoms with E-state index in [0.717, 1.165) is 8.78 Å².